The molecule has 1 heterocycles. The minimum atomic E-state index is -0.264. The van der Waals surface area contributed by atoms with Crippen molar-refractivity contribution >= 4 is 23.1 Å². The maximum Gasteiger partial charge on any atom is 0.230 e. The largest absolute Gasteiger partial charge is 0.461 e. The first kappa shape index (κ1) is 9.80. The van der Waals surface area contributed by atoms with Gasteiger partial charge in [-0.1, -0.05) is 11.6 Å². The summed E-state index contributed by atoms with van der Waals surface area (Å²) in [5.74, 6) is -0.0102. The van der Waals surface area contributed by atoms with Gasteiger partial charge in [-0.25, -0.2) is 0 Å². The third-order valence-electron chi connectivity index (χ3n) is 2.00. The molecule has 0 spiro atoms. The molecule has 2 aromatic rings. The molecular weight excluding hydrogens is 214 g/mol. The lowest BCUT2D eigenvalue weighted by atomic mass is 10.1. The second kappa shape index (κ2) is 3.79. The minimum absolute atomic E-state index is 0.254. The Kier molecular flexibility index (Phi) is 2.47. The Balaban J connectivity index is 2.46. The van der Waals surface area contributed by atoms with Crippen LogP contribution in [0.1, 0.15) is 16.1 Å². The first-order valence-electron chi connectivity index (χ1n) is 4.31. The molecule has 2 N–H and O–H groups in total. The highest BCUT2D eigenvalue weighted by Gasteiger charge is 2.14. The normalized spacial score (nSPS) is 10.2. The zero-order valence-electron chi connectivity index (χ0n) is 7.74. The number of nitrogens with two attached hydrogens (primary N) is 1. The van der Waals surface area contributed by atoms with Gasteiger partial charge in [-0.15, -0.1) is 0 Å². The van der Waals surface area contributed by atoms with Crippen LogP contribution >= 0.6 is 11.6 Å². The van der Waals surface area contributed by atoms with Crippen molar-refractivity contribution in [1.29, 1.82) is 0 Å². The number of halogens is 1. The Bertz CT molecular complexity index is 491. The molecule has 0 saturated carbocycles. The van der Waals surface area contributed by atoms with Crippen molar-refractivity contribution in [1.82, 2.24) is 0 Å². The molecule has 0 unspecified atom stereocenters. The van der Waals surface area contributed by atoms with Crippen molar-refractivity contribution in [2.75, 3.05) is 5.73 Å². The van der Waals surface area contributed by atoms with Crippen LogP contribution in [0.4, 0.5) is 5.69 Å². The fraction of sp³-hybridized carbons (Fsp3) is 0. The van der Waals surface area contributed by atoms with Gasteiger partial charge in [-0.2, -0.15) is 0 Å². The van der Waals surface area contributed by atoms with Gasteiger partial charge in [-0.3, -0.25) is 4.79 Å². The second-order valence-electron chi connectivity index (χ2n) is 3.04. The van der Waals surface area contributed by atoms with Gasteiger partial charge in [0.25, 0.3) is 0 Å². The highest BCUT2D eigenvalue weighted by Crippen LogP contribution is 2.21. The lowest BCUT2D eigenvalue weighted by Gasteiger charge is -2.02. The average Bonchev–Trinajstić information content (AvgIpc) is 2.74. The van der Waals surface area contributed by atoms with Crippen LogP contribution in [-0.2, 0) is 0 Å². The third-order valence-corrected chi connectivity index (χ3v) is 2.24. The molecule has 1 aromatic heterocycles. The molecule has 0 aliphatic rings. The van der Waals surface area contributed by atoms with Gasteiger partial charge in [0, 0.05) is 10.7 Å². The molecule has 0 bridgehead atoms. The SMILES string of the molecule is Nc1ccc(Cl)cc1C(=O)c1ccco1. The van der Waals surface area contributed by atoms with Crippen LogP contribution in [-0.4, -0.2) is 5.78 Å². The fourth-order valence-electron chi connectivity index (χ4n) is 1.27. The molecule has 0 amide bonds. The molecule has 76 valence electrons. The molecule has 0 saturated heterocycles. The van der Waals surface area contributed by atoms with E-state index < -0.39 is 0 Å². The number of ketones is 1. The summed E-state index contributed by atoms with van der Waals surface area (Å²) in [6, 6.07) is 7.99. The Morgan fingerprint density at radius 3 is 2.80 bits per heavy atom. The molecule has 3 nitrogen and oxygen atoms in total. The van der Waals surface area contributed by atoms with Crippen LogP contribution in [0, 0.1) is 0 Å². The van der Waals surface area contributed by atoms with E-state index in [4.69, 9.17) is 21.8 Å². The predicted octanol–water partition coefficient (Wildman–Crippen LogP) is 2.75. The van der Waals surface area contributed by atoms with Crippen LogP contribution in [0.2, 0.25) is 5.02 Å². The van der Waals surface area contributed by atoms with Crippen LogP contribution < -0.4 is 5.73 Å². The molecule has 0 aliphatic heterocycles. The number of rotatable bonds is 2. The van der Waals surface area contributed by atoms with Crippen molar-refractivity contribution in [2.45, 2.75) is 0 Å². The van der Waals surface area contributed by atoms with Gasteiger partial charge in [0.1, 0.15) is 0 Å². The zero-order chi connectivity index (χ0) is 10.8. The molecule has 0 fully saturated rings. The van der Waals surface area contributed by atoms with E-state index in [2.05, 4.69) is 0 Å². The van der Waals surface area contributed by atoms with Crippen LogP contribution in [0.3, 0.4) is 0 Å². The zero-order valence-corrected chi connectivity index (χ0v) is 8.49. The maximum atomic E-state index is 11.8. The van der Waals surface area contributed by atoms with Gasteiger partial charge >= 0.3 is 0 Å². The van der Waals surface area contributed by atoms with E-state index in [1.807, 2.05) is 0 Å². The number of carbonyl (C=O) groups is 1. The number of nitrogen functional groups attached to an aromatic ring is 1. The Morgan fingerprint density at radius 2 is 2.13 bits per heavy atom. The fourth-order valence-corrected chi connectivity index (χ4v) is 1.44. The average molecular weight is 222 g/mol. The number of hydrogen-bond donors (Lipinski definition) is 1. The lowest BCUT2D eigenvalue weighted by Crippen LogP contribution is -2.04. The first-order chi connectivity index (χ1) is 7.18. The van der Waals surface area contributed by atoms with Crippen molar-refractivity contribution in [2.24, 2.45) is 0 Å². The van der Waals surface area contributed by atoms with Gasteiger partial charge in [-0.05, 0) is 30.3 Å². The highest BCUT2D eigenvalue weighted by atomic mass is 35.5. The number of hydrogen-bond acceptors (Lipinski definition) is 3. The van der Waals surface area contributed by atoms with Gasteiger partial charge in [0.05, 0.1) is 11.8 Å². The van der Waals surface area contributed by atoms with Crippen molar-refractivity contribution in [3.05, 3.63) is 52.9 Å². The molecule has 0 aliphatic carbocycles. The van der Waals surface area contributed by atoms with E-state index >= 15 is 0 Å². The van der Waals surface area contributed by atoms with E-state index in [1.54, 1.807) is 24.3 Å². The number of benzene rings is 1. The topological polar surface area (TPSA) is 56.2 Å². The molecule has 0 radical (unpaired) electrons. The second-order valence-corrected chi connectivity index (χ2v) is 3.47. The first-order valence-corrected chi connectivity index (χ1v) is 4.69. The molecule has 2 rings (SSSR count). The molecule has 0 atom stereocenters. The summed E-state index contributed by atoms with van der Waals surface area (Å²) in [7, 11) is 0. The van der Waals surface area contributed by atoms with Crippen LogP contribution in [0.15, 0.2) is 41.0 Å². The van der Waals surface area contributed by atoms with E-state index in [0.29, 0.717) is 16.3 Å². The molecule has 4 heteroatoms. The minimum Gasteiger partial charge on any atom is -0.461 e. The summed E-state index contributed by atoms with van der Waals surface area (Å²) in [5.41, 5.74) is 6.42. The smallest absolute Gasteiger partial charge is 0.230 e. The Morgan fingerprint density at radius 1 is 1.33 bits per heavy atom. The molecular formula is C11H8ClNO2. The van der Waals surface area contributed by atoms with Gasteiger partial charge in [0.15, 0.2) is 5.76 Å². The van der Waals surface area contributed by atoms with E-state index in [1.165, 1.54) is 12.3 Å². The van der Waals surface area contributed by atoms with Gasteiger partial charge in [0.2, 0.25) is 5.78 Å². The number of furan rings is 1. The Labute approximate surface area is 91.5 Å². The standard InChI is InChI=1S/C11H8ClNO2/c12-7-3-4-9(13)8(6-7)11(14)10-2-1-5-15-10/h1-6H,13H2. The summed E-state index contributed by atoms with van der Waals surface area (Å²) in [4.78, 5) is 11.8. The van der Waals surface area contributed by atoms with E-state index in [9.17, 15) is 4.79 Å². The Hall–Kier alpha value is -1.74. The monoisotopic (exact) mass is 221 g/mol. The van der Waals surface area contributed by atoms with Crippen LogP contribution in [0.5, 0.6) is 0 Å². The predicted molar refractivity (Wildman–Crippen MR) is 58.0 cm³/mol. The number of carbonyl (C=O) groups excluding carboxylic acids is 1. The summed E-state index contributed by atoms with van der Waals surface area (Å²) in [6.45, 7) is 0. The van der Waals surface area contributed by atoms with E-state index in [0.717, 1.165) is 0 Å². The lowest BCUT2D eigenvalue weighted by molar-refractivity contribution is 0.101. The third kappa shape index (κ3) is 1.87. The molecule has 15 heavy (non-hydrogen) atoms. The summed E-state index contributed by atoms with van der Waals surface area (Å²) in [6.07, 6.45) is 1.44. The van der Waals surface area contributed by atoms with Crippen LogP contribution in [0.25, 0.3) is 0 Å². The van der Waals surface area contributed by atoms with Crippen molar-refractivity contribution in [3.8, 4) is 0 Å². The van der Waals surface area contributed by atoms with Crippen molar-refractivity contribution in [3.63, 3.8) is 0 Å². The quantitative estimate of drug-likeness (QED) is 0.627. The highest BCUT2D eigenvalue weighted by molar-refractivity contribution is 6.31. The van der Waals surface area contributed by atoms with E-state index in [-0.39, 0.29) is 11.5 Å². The summed E-state index contributed by atoms with van der Waals surface area (Å²) >= 11 is 5.78. The summed E-state index contributed by atoms with van der Waals surface area (Å²) < 4.78 is 5.00. The number of anilines is 1. The molecule has 1 aromatic carbocycles. The van der Waals surface area contributed by atoms with Crippen molar-refractivity contribution < 1.29 is 9.21 Å². The summed E-state index contributed by atoms with van der Waals surface area (Å²) in [5, 5.41) is 0.471. The van der Waals surface area contributed by atoms with Gasteiger partial charge < -0.3 is 10.2 Å². The maximum absolute atomic E-state index is 11.8.